The van der Waals surface area contributed by atoms with Crippen molar-refractivity contribution in [1.82, 2.24) is 4.90 Å². The predicted molar refractivity (Wildman–Crippen MR) is 96.8 cm³/mol. The number of nitro groups is 1. The van der Waals surface area contributed by atoms with E-state index < -0.39 is 14.8 Å². The quantitative estimate of drug-likeness (QED) is 0.600. The maximum Gasteiger partial charge on any atom is 0.288 e. The van der Waals surface area contributed by atoms with Crippen molar-refractivity contribution in [3.63, 3.8) is 0 Å². The van der Waals surface area contributed by atoms with Crippen molar-refractivity contribution in [2.45, 2.75) is 56.1 Å². The van der Waals surface area contributed by atoms with Crippen LogP contribution in [-0.4, -0.2) is 55.7 Å². The summed E-state index contributed by atoms with van der Waals surface area (Å²) in [6.45, 7) is 6.10. The van der Waals surface area contributed by atoms with Crippen LogP contribution in [0.1, 0.15) is 33.1 Å². The van der Waals surface area contributed by atoms with Crippen molar-refractivity contribution in [2.75, 3.05) is 24.2 Å². The second-order valence-corrected chi connectivity index (χ2v) is 9.33. The number of hydrogen-bond acceptors (Lipinski definition) is 6. The summed E-state index contributed by atoms with van der Waals surface area (Å²) in [5, 5.41) is 11.2. The lowest BCUT2D eigenvalue weighted by molar-refractivity contribution is -0.387. The van der Waals surface area contributed by atoms with Crippen molar-refractivity contribution in [3.8, 4) is 0 Å². The molecule has 2 saturated heterocycles. The van der Waals surface area contributed by atoms with Gasteiger partial charge in [-0.2, -0.15) is 0 Å². The van der Waals surface area contributed by atoms with Gasteiger partial charge in [0.1, 0.15) is 4.90 Å². The zero-order chi connectivity index (χ0) is 18.4. The number of nitro benzene ring substituents is 1. The van der Waals surface area contributed by atoms with Gasteiger partial charge in [-0.25, -0.2) is 8.42 Å². The molecule has 2 aliphatic rings. The first-order valence-corrected chi connectivity index (χ1v) is 10.6. The molecule has 0 aliphatic carbocycles. The van der Waals surface area contributed by atoms with Crippen molar-refractivity contribution in [3.05, 3.63) is 28.3 Å². The minimum absolute atomic E-state index is 0.204. The van der Waals surface area contributed by atoms with Gasteiger partial charge in [0, 0.05) is 49.2 Å². The van der Waals surface area contributed by atoms with Crippen LogP contribution in [0.2, 0.25) is 0 Å². The Hall–Kier alpha value is -1.67. The highest BCUT2D eigenvalue weighted by Crippen LogP contribution is 2.35. The molecule has 2 unspecified atom stereocenters. The van der Waals surface area contributed by atoms with Crippen molar-refractivity contribution < 1.29 is 13.3 Å². The lowest BCUT2D eigenvalue weighted by Gasteiger charge is -2.32. The molecule has 3 rings (SSSR count). The third-order valence-corrected chi connectivity index (χ3v) is 6.47. The van der Waals surface area contributed by atoms with E-state index in [2.05, 4.69) is 23.6 Å². The summed E-state index contributed by atoms with van der Waals surface area (Å²) in [4.78, 5) is 15.1. The van der Waals surface area contributed by atoms with Gasteiger partial charge in [-0.05, 0) is 45.2 Å². The summed E-state index contributed by atoms with van der Waals surface area (Å²) in [6.07, 6.45) is 4.40. The monoisotopic (exact) mass is 367 g/mol. The van der Waals surface area contributed by atoms with E-state index in [1.54, 1.807) is 6.07 Å². The Kier molecular flexibility index (Phi) is 4.76. The van der Waals surface area contributed by atoms with Crippen LogP contribution < -0.4 is 4.90 Å². The number of fused-ring (bicyclic) bond motifs is 2. The molecule has 25 heavy (non-hydrogen) atoms. The lowest BCUT2D eigenvalue weighted by Crippen LogP contribution is -2.43. The molecule has 0 aromatic heterocycles. The van der Waals surface area contributed by atoms with Crippen LogP contribution in [0.25, 0.3) is 0 Å². The minimum atomic E-state index is -3.66. The first kappa shape index (κ1) is 18.1. The van der Waals surface area contributed by atoms with E-state index in [0.717, 1.165) is 37.9 Å². The Morgan fingerprint density at radius 1 is 1.20 bits per heavy atom. The van der Waals surface area contributed by atoms with Gasteiger partial charge in [0.15, 0.2) is 9.84 Å². The summed E-state index contributed by atoms with van der Waals surface area (Å²) in [6, 6.07) is 5.96. The highest BCUT2D eigenvalue weighted by atomic mass is 32.2. The topological polar surface area (TPSA) is 83.8 Å². The molecule has 2 heterocycles. The first-order chi connectivity index (χ1) is 11.7. The molecule has 7 nitrogen and oxygen atoms in total. The SMILES string of the molecule is CC(C)N1C2CCC1CN(c1ccc([N+](=O)[O-])c(S(C)(=O)=O)c1)CC2. The fourth-order valence-electron chi connectivity index (χ4n) is 4.34. The summed E-state index contributed by atoms with van der Waals surface area (Å²) >= 11 is 0. The number of sulfone groups is 1. The van der Waals surface area contributed by atoms with Crippen LogP contribution in [0.5, 0.6) is 0 Å². The van der Waals surface area contributed by atoms with Crippen LogP contribution in [0.15, 0.2) is 23.1 Å². The summed E-state index contributed by atoms with van der Waals surface area (Å²) < 4.78 is 24.0. The van der Waals surface area contributed by atoms with E-state index in [0.29, 0.717) is 18.1 Å². The third kappa shape index (κ3) is 3.50. The van der Waals surface area contributed by atoms with Crippen LogP contribution in [0.3, 0.4) is 0 Å². The van der Waals surface area contributed by atoms with Crippen LogP contribution in [0.4, 0.5) is 11.4 Å². The van der Waals surface area contributed by atoms with Crippen LogP contribution in [0, 0.1) is 10.1 Å². The van der Waals surface area contributed by atoms with Crippen molar-refractivity contribution >= 4 is 21.2 Å². The summed E-state index contributed by atoms with van der Waals surface area (Å²) in [5.74, 6) is 0. The van der Waals surface area contributed by atoms with Crippen molar-refractivity contribution in [1.29, 1.82) is 0 Å². The van der Waals surface area contributed by atoms with Gasteiger partial charge in [0.05, 0.1) is 4.92 Å². The zero-order valence-corrected chi connectivity index (χ0v) is 15.7. The molecule has 2 bridgehead atoms. The molecular weight excluding hydrogens is 342 g/mol. The largest absolute Gasteiger partial charge is 0.370 e. The molecule has 8 heteroatoms. The molecule has 0 N–H and O–H groups in total. The van der Waals surface area contributed by atoms with Gasteiger partial charge in [0.2, 0.25) is 0 Å². The molecule has 1 aromatic carbocycles. The highest BCUT2D eigenvalue weighted by molar-refractivity contribution is 7.90. The van der Waals surface area contributed by atoms with Gasteiger partial charge in [-0.1, -0.05) is 0 Å². The van der Waals surface area contributed by atoms with Gasteiger partial charge >= 0.3 is 0 Å². The Balaban J connectivity index is 1.94. The minimum Gasteiger partial charge on any atom is -0.370 e. The van der Waals surface area contributed by atoms with Gasteiger partial charge in [-0.3, -0.25) is 15.0 Å². The summed E-state index contributed by atoms with van der Waals surface area (Å²) in [5.41, 5.74) is 0.397. The third-order valence-electron chi connectivity index (χ3n) is 5.34. The Bertz CT molecular complexity index is 778. The van der Waals surface area contributed by atoms with E-state index >= 15 is 0 Å². The number of rotatable bonds is 4. The molecule has 0 spiro atoms. The molecule has 0 radical (unpaired) electrons. The number of nitrogens with zero attached hydrogens (tertiary/aromatic N) is 3. The van der Waals surface area contributed by atoms with Gasteiger partial charge < -0.3 is 4.90 Å². The predicted octanol–water partition coefficient (Wildman–Crippen LogP) is 2.45. The second-order valence-electron chi connectivity index (χ2n) is 7.34. The Morgan fingerprint density at radius 2 is 1.88 bits per heavy atom. The van der Waals surface area contributed by atoms with Crippen LogP contribution >= 0.6 is 0 Å². The lowest BCUT2D eigenvalue weighted by atomic mass is 10.1. The van der Waals surface area contributed by atoms with E-state index in [-0.39, 0.29) is 10.6 Å². The number of benzene rings is 1. The summed E-state index contributed by atoms with van der Waals surface area (Å²) in [7, 11) is -3.66. The number of anilines is 1. The smallest absolute Gasteiger partial charge is 0.288 e. The normalized spacial score (nSPS) is 24.6. The number of hydrogen-bond donors (Lipinski definition) is 0. The van der Waals surface area contributed by atoms with Gasteiger partial charge in [-0.15, -0.1) is 0 Å². The maximum atomic E-state index is 12.0. The zero-order valence-electron chi connectivity index (χ0n) is 14.9. The van der Waals surface area contributed by atoms with E-state index in [1.165, 1.54) is 18.6 Å². The standard InChI is InChI=1S/C17H25N3O4S/c1-12(2)19-13-4-5-15(19)11-18(9-8-13)14-6-7-16(20(21)22)17(10-14)25(3,23)24/h6-7,10,12-13,15H,4-5,8-9,11H2,1-3H3. The first-order valence-electron chi connectivity index (χ1n) is 8.69. The average molecular weight is 367 g/mol. The molecule has 1 aromatic rings. The fraction of sp³-hybridized carbons (Fsp3) is 0.647. The molecule has 2 atom stereocenters. The van der Waals surface area contributed by atoms with Gasteiger partial charge in [0.25, 0.3) is 5.69 Å². The van der Waals surface area contributed by atoms with Crippen LogP contribution in [-0.2, 0) is 9.84 Å². The molecular formula is C17H25N3O4S. The maximum absolute atomic E-state index is 12.0. The molecule has 0 amide bonds. The van der Waals surface area contributed by atoms with Crippen molar-refractivity contribution in [2.24, 2.45) is 0 Å². The molecule has 138 valence electrons. The fourth-order valence-corrected chi connectivity index (χ4v) is 5.19. The molecule has 2 fully saturated rings. The molecule has 2 aliphatic heterocycles. The molecule has 0 saturated carbocycles. The Labute approximate surface area is 148 Å². The Morgan fingerprint density at radius 3 is 2.48 bits per heavy atom. The van der Waals surface area contributed by atoms with E-state index in [1.807, 2.05) is 0 Å². The highest BCUT2D eigenvalue weighted by Gasteiger charge is 2.38. The van der Waals surface area contributed by atoms with E-state index in [9.17, 15) is 18.5 Å². The second kappa shape index (κ2) is 6.57. The average Bonchev–Trinajstić information content (AvgIpc) is 2.80. The van der Waals surface area contributed by atoms with E-state index in [4.69, 9.17) is 0 Å².